The molecule has 1 fully saturated rings. The van der Waals surface area contributed by atoms with Gasteiger partial charge >= 0.3 is 6.03 Å². The number of carbonyl (C=O) groups excluding carboxylic acids is 1. The number of amides is 2. The predicted octanol–water partition coefficient (Wildman–Crippen LogP) is 2.07. The summed E-state index contributed by atoms with van der Waals surface area (Å²) in [5, 5.41) is 10.2. The fourth-order valence-electron chi connectivity index (χ4n) is 2.67. The molecule has 3 heterocycles. The first-order chi connectivity index (χ1) is 11.6. The van der Waals surface area contributed by atoms with Crippen LogP contribution in [0.4, 0.5) is 4.79 Å². The lowest BCUT2D eigenvalue weighted by Crippen LogP contribution is -2.48. The van der Waals surface area contributed by atoms with E-state index in [1.54, 1.807) is 17.5 Å². The summed E-state index contributed by atoms with van der Waals surface area (Å²) in [6, 6.07) is 1.86. The van der Waals surface area contributed by atoms with Crippen LogP contribution < -0.4 is 5.32 Å². The van der Waals surface area contributed by atoms with Gasteiger partial charge in [0.05, 0.1) is 13.2 Å². The van der Waals surface area contributed by atoms with Crippen LogP contribution in [0.25, 0.3) is 0 Å². The van der Waals surface area contributed by atoms with E-state index in [1.165, 1.54) is 0 Å². The monoisotopic (exact) mass is 349 g/mol. The van der Waals surface area contributed by atoms with Crippen LogP contribution in [0.2, 0.25) is 0 Å². The molecule has 0 aromatic carbocycles. The summed E-state index contributed by atoms with van der Waals surface area (Å²) in [4.78, 5) is 18.7. The number of ether oxygens (including phenoxy) is 1. The molecule has 2 aromatic rings. The second-order valence-electron chi connectivity index (χ2n) is 6.15. The summed E-state index contributed by atoms with van der Waals surface area (Å²) < 4.78 is 7.65. The highest BCUT2D eigenvalue weighted by Crippen LogP contribution is 2.25. The van der Waals surface area contributed by atoms with Crippen molar-refractivity contribution in [1.82, 2.24) is 25.0 Å². The van der Waals surface area contributed by atoms with Crippen LogP contribution in [0.1, 0.15) is 23.7 Å². The Kier molecular flexibility index (Phi) is 5.47. The van der Waals surface area contributed by atoms with Gasteiger partial charge < -0.3 is 15.0 Å². The molecule has 24 heavy (non-hydrogen) atoms. The number of carbonyl (C=O) groups is 1. The van der Waals surface area contributed by atoms with Crippen LogP contribution in [0.15, 0.2) is 23.8 Å². The van der Waals surface area contributed by atoms with E-state index in [-0.39, 0.29) is 12.1 Å². The van der Waals surface area contributed by atoms with Crippen molar-refractivity contribution in [2.45, 2.75) is 26.5 Å². The van der Waals surface area contributed by atoms with E-state index in [0.717, 1.165) is 17.2 Å². The first-order valence-electron chi connectivity index (χ1n) is 8.15. The molecular weight excluding hydrogens is 326 g/mol. The highest BCUT2D eigenvalue weighted by molar-refractivity contribution is 7.09. The molecule has 1 N–H and O–H groups in total. The molecule has 3 rings (SSSR count). The van der Waals surface area contributed by atoms with Gasteiger partial charge in [-0.1, -0.05) is 6.92 Å². The lowest BCUT2D eigenvalue weighted by molar-refractivity contribution is -0.0156. The van der Waals surface area contributed by atoms with Gasteiger partial charge in [-0.05, 0) is 18.9 Å². The van der Waals surface area contributed by atoms with Crippen LogP contribution in [0.3, 0.4) is 0 Å². The molecule has 0 saturated carbocycles. The standard InChI is InChI=1S/C16H23N5O2S/c1-12(9-21-5-3-4-18-21)8-17-16(22)20-6-7-23-14(10-20)15-19-13(2)11-24-15/h3-5,11-12,14H,6-10H2,1-2H3,(H,17,22)/t12-,14-/m1/s1. The highest BCUT2D eigenvalue weighted by Gasteiger charge is 2.27. The lowest BCUT2D eigenvalue weighted by atomic mass is 10.2. The van der Waals surface area contributed by atoms with Crippen LogP contribution in [-0.4, -0.2) is 51.9 Å². The van der Waals surface area contributed by atoms with Gasteiger partial charge in [0.25, 0.3) is 0 Å². The van der Waals surface area contributed by atoms with Crippen molar-refractivity contribution in [2.75, 3.05) is 26.2 Å². The van der Waals surface area contributed by atoms with E-state index in [1.807, 2.05) is 34.1 Å². The average molecular weight is 349 g/mol. The minimum atomic E-state index is -0.121. The van der Waals surface area contributed by atoms with Crippen molar-refractivity contribution in [2.24, 2.45) is 5.92 Å². The minimum Gasteiger partial charge on any atom is -0.367 e. The van der Waals surface area contributed by atoms with Crippen molar-refractivity contribution >= 4 is 17.4 Å². The molecule has 130 valence electrons. The molecule has 0 radical (unpaired) electrons. The fraction of sp³-hybridized carbons (Fsp3) is 0.562. The average Bonchev–Trinajstić information content (AvgIpc) is 3.24. The van der Waals surface area contributed by atoms with Gasteiger partial charge in [0.15, 0.2) is 0 Å². The number of hydrogen-bond donors (Lipinski definition) is 1. The predicted molar refractivity (Wildman–Crippen MR) is 91.9 cm³/mol. The van der Waals surface area contributed by atoms with Crippen molar-refractivity contribution < 1.29 is 9.53 Å². The zero-order valence-electron chi connectivity index (χ0n) is 14.0. The Hall–Kier alpha value is -1.93. The van der Waals surface area contributed by atoms with Crippen LogP contribution in [-0.2, 0) is 11.3 Å². The third kappa shape index (κ3) is 4.33. The first kappa shape index (κ1) is 16.9. The molecule has 0 aliphatic carbocycles. The summed E-state index contributed by atoms with van der Waals surface area (Å²) in [6.45, 7) is 7.18. The SMILES string of the molecule is Cc1csc([C@H]2CN(C(=O)NC[C@@H](C)Cn3cccn3)CCO2)n1. The fourth-order valence-corrected chi connectivity index (χ4v) is 3.50. The highest BCUT2D eigenvalue weighted by atomic mass is 32.1. The van der Waals surface area contributed by atoms with E-state index in [2.05, 4.69) is 22.3 Å². The van der Waals surface area contributed by atoms with Crippen molar-refractivity contribution in [3.8, 4) is 0 Å². The molecule has 0 spiro atoms. The quantitative estimate of drug-likeness (QED) is 0.897. The smallest absolute Gasteiger partial charge is 0.317 e. The zero-order valence-corrected chi connectivity index (χ0v) is 14.8. The third-order valence-electron chi connectivity index (χ3n) is 3.93. The van der Waals surface area contributed by atoms with Gasteiger partial charge in [0, 0.05) is 43.1 Å². The van der Waals surface area contributed by atoms with E-state index in [4.69, 9.17) is 4.74 Å². The summed E-state index contributed by atoms with van der Waals surface area (Å²) in [5.41, 5.74) is 0.993. The normalized spacial score (nSPS) is 19.2. The number of aromatic nitrogens is 3. The number of morpholine rings is 1. The second-order valence-corrected chi connectivity index (χ2v) is 7.04. The molecule has 7 nitrogen and oxygen atoms in total. The Labute approximate surface area is 145 Å². The Morgan fingerprint density at radius 3 is 3.17 bits per heavy atom. The molecule has 1 aliphatic heterocycles. The van der Waals surface area contributed by atoms with Crippen LogP contribution in [0, 0.1) is 12.8 Å². The maximum atomic E-state index is 12.4. The lowest BCUT2D eigenvalue weighted by Gasteiger charge is -2.32. The molecule has 2 atom stereocenters. The molecule has 0 bridgehead atoms. The van der Waals surface area contributed by atoms with E-state index in [9.17, 15) is 4.79 Å². The van der Waals surface area contributed by atoms with E-state index >= 15 is 0 Å². The zero-order chi connectivity index (χ0) is 16.9. The minimum absolute atomic E-state index is 0.0381. The molecule has 2 aromatic heterocycles. The van der Waals surface area contributed by atoms with Crippen LogP contribution in [0.5, 0.6) is 0 Å². The molecule has 2 amide bonds. The van der Waals surface area contributed by atoms with Gasteiger partial charge in [-0.3, -0.25) is 4.68 Å². The maximum absolute atomic E-state index is 12.4. The molecule has 8 heteroatoms. The number of urea groups is 1. The number of thiazole rings is 1. The van der Waals surface area contributed by atoms with Crippen molar-refractivity contribution in [1.29, 1.82) is 0 Å². The number of nitrogens with one attached hydrogen (secondary N) is 1. The Bertz CT molecular complexity index is 657. The van der Waals surface area contributed by atoms with Crippen molar-refractivity contribution in [3.63, 3.8) is 0 Å². The number of aryl methyl sites for hydroxylation is 1. The number of hydrogen-bond acceptors (Lipinski definition) is 5. The van der Waals surface area contributed by atoms with Gasteiger partial charge in [-0.25, -0.2) is 9.78 Å². The molecular formula is C16H23N5O2S. The summed E-state index contributed by atoms with van der Waals surface area (Å²) >= 11 is 1.59. The summed E-state index contributed by atoms with van der Waals surface area (Å²) in [5.74, 6) is 0.312. The second kappa shape index (κ2) is 7.76. The van der Waals surface area contributed by atoms with E-state index in [0.29, 0.717) is 32.2 Å². The maximum Gasteiger partial charge on any atom is 0.317 e. The van der Waals surface area contributed by atoms with Gasteiger partial charge in [0.1, 0.15) is 11.1 Å². The third-order valence-corrected chi connectivity index (χ3v) is 4.98. The Morgan fingerprint density at radius 1 is 1.58 bits per heavy atom. The van der Waals surface area contributed by atoms with Gasteiger partial charge in [-0.15, -0.1) is 11.3 Å². The molecule has 0 unspecified atom stereocenters. The molecule has 1 aliphatic rings. The van der Waals surface area contributed by atoms with Gasteiger partial charge in [0.2, 0.25) is 0 Å². The Morgan fingerprint density at radius 2 is 2.46 bits per heavy atom. The molecule has 1 saturated heterocycles. The largest absolute Gasteiger partial charge is 0.367 e. The summed E-state index contributed by atoms with van der Waals surface area (Å²) in [6.07, 6.45) is 3.57. The van der Waals surface area contributed by atoms with Crippen LogP contribution >= 0.6 is 11.3 Å². The van der Waals surface area contributed by atoms with Crippen molar-refractivity contribution in [3.05, 3.63) is 34.5 Å². The van der Waals surface area contributed by atoms with Gasteiger partial charge in [-0.2, -0.15) is 5.10 Å². The number of rotatable bonds is 5. The number of nitrogens with zero attached hydrogens (tertiary/aromatic N) is 4. The Balaban J connectivity index is 1.47. The topological polar surface area (TPSA) is 72.3 Å². The van der Waals surface area contributed by atoms with E-state index < -0.39 is 0 Å². The first-order valence-corrected chi connectivity index (χ1v) is 9.03. The summed E-state index contributed by atoms with van der Waals surface area (Å²) in [7, 11) is 0.